The molecule has 0 bridgehead atoms. The fourth-order valence-corrected chi connectivity index (χ4v) is 5.77. The average molecular weight is 550 g/mol. The smallest absolute Gasteiger partial charge is 0.341 e. The van der Waals surface area contributed by atoms with Crippen molar-refractivity contribution in [1.29, 1.82) is 0 Å². The summed E-state index contributed by atoms with van der Waals surface area (Å²) in [6, 6.07) is 3.51. The Morgan fingerprint density at radius 2 is 2.08 bits per heavy atom. The van der Waals surface area contributed by atoms with Crippen LogP contribution in [0.25, 0.3) is 22.1 Å². The fraction of sp³-hybridized carbons (Fsp3) is 0.423. The second kappa shape index (κ2) is 10.3. The number of carboxylic acids is 1. The average Bonchev–Trinajstić information content (AvgIpc) is 3.60. The van der Waals surface area contributed by atoms with E-state index in [0.717, 1.165) is 43.8 Å². The van der Waals surface area contributed by atoms with Gasteiger partial charge in [0.25, 0.3) is 5.95 Å². The molecule has 6 rings (SSSR count). The first-order chi connectivity index (χ1) is 18.9. The highest BCUT2D eigenvalue weighted by Crippen LogP contribution is 2.30. The lowest BCUT2D eigenvalue weighted by atomic mass is 9.90. The first kappa shape index (κ1) is 25.3. The van der Waals surface area contributed by atoms with E-state index in [1.165, 1.54) is 15.4 Å². The molecule has 0 amide bonds. The number of Topliss-reactive ketones (excluding diaryl/α,β-unsaturated/α-hetero) is 1. The van der Waals surface area contributed by atoms with Crippen molar-refractivity contribution in [3.05, 3.63) is 52.1 Å². The van der Waals surface area contributed by atoms with Gasteiger partial charge in [-0.15, -0.1) is 4.37 Å². The predicted octanol–water partition coefficient (Wildman–Crippen LogP) is 2.78. The minimum Gasteiger partial charge on any atom is -0.477 e. The molecule has 202 valence electrons. The molecule has 4 aromatic rings. The molecule has 0 aliphatic carbocycles. The van der Waals surface area contributed by atoms with Gasteiger partial charge in [-0.1, -0.05) is 0 Å². The Kier molecular flexibility index (Phi) is 6.69. The maximum Gasteiger partial charge on any atom is 0.341 e. The van der Waals surface area contributed by atoms with Crippen LogP contribution >= 0.6 is 11.5 Å². The van der Waals surface area contributed by atoms with Gasteiger partial charge in [0.15, 0.2) is 5.65 Å². The number of aryl methyl sites for hydroxylation is 1. The zero-order valence-corrected chi connectivity index (χ0v) is 22.1. The van der Waals surface area contributed by atoms with Crippen molar-refractivity contribution in [3.63, 3.8) is 0 Å². The molecular weight excluding hydrogens is 522 g/mol. The van der Waals surface area contributed by atoms with Gasteiger partial charge >= 0.3 is 5.97 Å². The summed E-state index contributed by atoms with van der Waals surface area (Å²) in [7, 11) is 0. The predicted molar refractivity (Wildman–Crippen MR) is 143 cm³/mol. The lowest BCUT2D eigenvalue weighted by molar-refractivity contribution is -0.124. The number of hydrogen-bond acceptors (Lipinski definition) is 10. The van der Waals surface area contributed by atoms with Gasteiger partial charge in [-0.05, 0) is 50.3 Å². The highest BCUT2D eigenvalue weighted by Gasteiger charge is 2.34. The van der Waals surface area contributed by atoms with Gasteiger partial charge in [-0.25, -0.2) is 14.5 Å². The molecule has 1 atom stereocenters. The minimum atomic E-state index is -1.33. The van der Waals surface area contributed by atoms with Gasteiger partial charge in [-0.2, -0.15) is 10.1 Å². The minimum absolute atomic E-state index is 0.0669. The van der Waals surface area contributed by atoms with Crippen LogP contribution in [0.4, 0.5) is 5.82 Å². The molecule has 2 aliphatic rings. The molecule has 6 heterocycles. The van der Waals surface area contributed by atoms with E-state index in [-0.39, 0.29) is 34.4 Å². The SMILES string of the molecule is Cc1cc(N2CC(C(=O)CCC3CCCCO3)C2)nc2c1c(=O)c(C(=O)O)cn2-c1nc(-n2cccn2)ns1. The molecule has 4 aromatic heterocycles. The van der Waals surface area contributed by atoms with E-state index in [1.807, 2.05) is 4.90 Å². The largest absolute Gasteiger partial charge is 0.477 e. The third-order valence-corrected chi connectivity index (χ3v) is 8.05. The zero-order chi connectivity index (χ0) is 27.1. The van der Waals surface area contributed by atoms with Crippen molar-refractivity contribution in [2.45, 2.75) is 45.1 Å². The number of pyridine rings is 2. The fourth-order valence-electron chi connectivity index (χ4n) is 5.14. The summed E-state index contributed by atoms with van der Waals surface area (Å²) in [5.74, 6) is -0.227. The van der Waals surface area contributed by atoms with Gasteiger partial charge in [0.05, 0.1) is 17.4 Å². The Hall–Kier alpha value is -3.97. The molecule has 2 aliphatic heterocycles. The van der Waals surface area contributed by atoms with Crippen LogP contribution < -0.4 is 10.3 Å². The van der Waals surface area contributed by atoms with Crippen molar-refractivity contribution < 1.29 is 19.4 Å². The molecule has 12 nitrogen and oxygen atoms in total. The topological polar surface area (TPSA) is 145 Å². The van der Waals surface area contributed by atoms with Crippen LogP contribution in [0.15, 0.2) is 35.5 Å². The second-order valence-corrected chi connectivity index (χ2v) is 10.7. The number of carbonyl (C=O) groups excluding carboxylic acids is 1. The van der Waals surface area contributed by atoms with Crippen molar-refractivity contribution >= 4 is 40.1 Å². The van der Waals surface area contributed by atoms with Crippen molar-refractivity contribution in [3.8, 4) is 11.1 Å². The number of anilines is 1. The van der Waals surface area contributed by atoms with Crippen molar-refractivity contribution in [2.24, 2.45) is 5.92 Å². The quantitative estimate of drug-likeness (QED) is 0.348. The number of aromatic nitrogens is 6. The number of fused-ring (bicyclic) bond motifs is 1. The molecule has 0 spiro atoms. The number of nitrogens with zero attached hydrogens (tertiary/aromatic N) is 7. The third kappa shape index (κ3) is 4.83. The molecule has 1 unspecified atom stereocenters. The van der Waals surface area contributed by atoms with Crippen LogP contribution in [0.5, 0.6) is 0 Å². The van der Waals surface area contributed by atoms with Crippen LogP contribution in [-0.4, -0.2) is 71.3 Å². The number of rotatable bonds is 8. The summed E-state index contributed by atoms with van der Waals surface area (Å²) in [6.07, 6.45) is 9.28. The number of hydrogen-bond donors (Lipinski definition) is 1. The van der Waals surface area contributed by atoms with E-state index in [0.29, 0.717) is 42.0 Å². The standard InChI is InChI=1S/C26H27N7O5S/c1-15-11-20(31-12-16(13-31)19(34)7-6-17-5-2-3-10-38-17)28-23-21(15)22(35)18(24(36)37)14-32(23)26-29-25(30-39-26)33-9-4-8-27-33/h4,8-9,11,14,16-17H,2-3,5-7,10,12-13H2,1H3,(H,36,37). The summed E-state index contributed by atoms with van der Waals surface area (Å²) in [4.78, 5) is 49.1. The molecular formula is C26H27N7O5S. The second-order valence-electron chi connectivity index (χ2n) is 9.97. The normalized spacial score (nSPS) is 17.9. The van der Waals surface area contributed by atoms with Crippen LogP contribution in [0, 0.1) is 12.8 Å². The van der Waals surface area contributed by atoms with E-state index in [1.54, 1.807) is 31.5 Å². The number of carboxylic acid groups (broad SMARTS) is 1. The van der Waals surface area contributed by atoms with Crippen LogP contribution in [0.3, 0.4) is 0 Å². The van der Waals surface area contributed by atoms with E-state index in [2.05, 4.69) is 14.5 Å². The van der Waals surface area contributed by atoms with Crippen molar-refractivity contribution in [1.82, 2.24) is 28.7 Å². The Bertz CT molecular complexity index is 1600. The van der Waals surface area contributed by atoms with E-state index >= 15 is 0 Å². The summed E-state index contributed by atoms with van der Waals surface area (Å²) in [5.41, 5.74) is -0.110. The molecule has 2 saturated heterocycles. The van der Waals surface area contributed by atoms with E-state index in [4.69, 9.17) is 9.72 Å². The molecule has 13 heteroatoms. The highest BCUT2D eigenvalue weighted by molar-refractivity contribution is 7.08. The maximum absolute atomic E-state index is 13.1. The number of ketones is 1. The maximum atomic E-state index is 13.1. The summed E-state index contributed by atoms with van der Waals surface area (Å²) in [6.45, 7) is 3.63. The Morgan fingerprint density at radius 3 is 2.79 bits per heavy atom. The molecule has 39 heavy (non-hydrogen) atoms. The molecule has 2 fully saturated rings. The van der Waals surface area contributed by atoms with E-state index in [9.17, 15) is 19.5 Å². The lowest BCUT2D eigenvalue weighted by Crippen LogP contribution is -2.51. The monoisotopic (exact) mass is 549 g/mol. The Labute approximate surface area is 227 Å². The molecule has 0 aromatic carbocycles. The number of ether oxygens (including phenoxy) is 1. The van der Waals surface area contributed by atoms with Gasteiger partial charge in [0, 0.05) is 56.2 Å². The van der Waals surface area contributed by atoms with Gasteiger partial charge in [0.1, 0.15) is 17.2 Å². The lowest BCUT2D eigenvalue weighted by Gasteiger charge is -2.39. The first-order valence-electron chi connectivity index (χ1n) is 12.9. The third-order valence-electron chi connectivity index (χ3n) is 7.34. The van der Waals surface area contributed by atoms with Gasteiger partial charge in [0.2, 0.25) is 10.6 Å². The van der Waals surface area contributed by atoms with Crippen molar-refractivity contribution in [2.75, 3.05) is 24.6 Å². The summed E-state index contributed by atoms with van der Waals surface area (Å²) in [5, 5.41) is 14.4. The molecule has 1 N–H and O–H groups in total. The first-order valence-corrected chi connectivity index (χ1v) is 13.7. The van der Waals surface area contributed by atoms with Gasteiger partial charge in [-0.3, -0.25) is 14.2 Å². The molecule has 0 radical (unpaired) electrons. The van der Waals surface area contributed by atoms with Gasteiger partial charge < -0.3 is 14.7 Å². The van der Waals surface area contributed by atoms with E-state index < -0.39 is 11.4 Å². The van der Waals surface area contributed by atoms with Crippen LogP contribution in [0.1, 0.15) is 48.0 Å². The van der Waals surface area contributed by atoms with Crippen LogP contribution in [0.2, 0.25) is 0 Å². The zero-order valence-electron chi connectivity index (χ0n) is 21.3. The summed E-state index contributed by atoms with van der Waals surface area (Å²) < 4.78 is 13.1. The highest BCUT2D eigenvalue weighted by atomic mass is 32.1. The Morgan fingerprint density at radius 1 is 1.23 bits per heavy atom. The van der Waals surface area contributed by atoms with Crippen LogP contribution in [-0.2, 0) is 9.53 Å². The Balaban J connectivity index is 1.29. The number of aromatic carboxylic acids is 1. The molecule has 0 saturated carbocycles. The summed E-state index contributed by atoms with van der Waals surface area (Å²) >= 11 is 1.04. The number of carbonyl (C=O) groups is 2.